The molecule has 17 fully saturated rings. The van der Waals surface area contributed by atoms with Crippen LogP contribution >= 0.6 is 15.8 Å². The van der Waals surface area contributed by atoms with Crippen LogP contribution in [0.25, 0.3) is 0 Å². The lowest BCUT2D eigenvalue weighted by Gasteiger charge is -2.70. The summed E-state index contributed by atoms with van der Waals surface area (Å²) >= 11 is 0. The fourth-order valence-corrected chi connectivity index (χ4v) is 33.6. The molecule has 0 amide bonds. The Morgan fingerprint density at radius 1 is 0.327 bits per heavy atom. The second-order valence-corrected chi connectivity index (χ2v) is 30.6. The summed E-state index contributed by atoms with van der Waals surface area (Å²) in [6.45, 7) is 0. The van der Waals surface area contributed by atoms with E-state index in [1.165, 1.54) is 5.66 Å². The Kier molecular flexibility index (Phi) is 6.85. The molecule has 0 heterocycles. The minimum Gasteiger partial charge on any atom is -0.0936 e. The van der Waals surface area contributed by atoms with Gasteiger partial charge in [-0.3, -0.25) is 0 Å². The first-order valence-corrected chi connectivity index (χ1v) is 26.4. The summed E-state index contributed by atoms with van der Waals surface area (Å²) in [4.78, 5) is 0. The molecule has 2 atom stereocenters. The highest BCUT2D eigenvalue weighted by Crippen LogP contribution is 2.84. The predicted molar refractivity (Wildman–Crippen MR) is 208 cm³/mol. The smallest absolute Gasteiger partial charge is 0.00789 e. The predicted octanol–water partition coefficient (Wildman–Crippen LogP) is 13.4. The molecular formula is C47H72P2. The van der Waals surface area contributed by atoms with Gasteiger partial charge in [-0.2, -0.15) is 0 Å². The van der Waals surface area contributed by atoms with Crippen LogP contribution in [0, 0.1) is 76.9 Å². The summed E-state index contributed by atoms with van der Waals surface area (Å²) < 4.78 is 0. The van der Waals surface area contributed by atoms with Crippen molar-refractivity contribution in [1.82, 2.24) is 0 Å². The third kappa shape index (κ3) is 4.65. The molecular weight excluding hydrogens is 626 g/mol. The fraction of sp³-hybridized carbons (Fsp3) is 1.00. The lowest BCUT2D eigenvalue weighted by Crippen LogP contribution is -2.59. The average molecular weight is 699 g/mol. The van der Waals surface area contributed by atoms with E-state index in [1.54, 1.807) is 180 Å². The van der Waals surface area contributed by atoms with Gasteiger partial charge in [-0.05, 0) is 276 Å². The molecule has 0 aromatic carbocycles. The minimum absolute atomic E-state index is 0.147. The summed E-state index contributed by atoms with van der Waals surface area (Å²) in [5, 5.41) is 3.39. The standard InChI is InChI=1S/C47H72P2/c1-2-4-43(49(46-23-36-11-37(24-46)13-38(12-36)25-46)47-26-39-14-40(27-47)16-41(15-39)28-47)42(3-1)29-48(44-17-30-5-31(18-44)7-32(6-30)19-44)45-20-33-8-34(21-45)10-35(9-33)22-45/h30-43H,1-29H2/t30?,31?,32?,33?,34?,35?,36?,37?,38?,39?,40?,41?,42-,43-,44?,45?,46?,47?,48?,49?/m1/s1. The lowest BCUT2D eigenvalue weighted by atomic mass is 9.55. The summed E-state index contributed by atoms with van der Waals surface area (Å²) in [5.74, 6) is 15.0. The van der Waals surface area contributed by atoms with Gasteiger partial charge in [0.1, 0.15) is 0 Å². The second-order valence-electron chi connectivity index (χ2n) is 24.2. The molecule has 0 unspecified atom stereocenters. The van der Waals surface area contributed by atoms with Gasteiger partial charge < -0.3 is 0 Å². The monoisotopic (exact) mass is 699 g/mol. The SMILES string of the molecule is C1CC[C@@H](P(C23CC4CC(CC(C4)C2)C3)C23CC4CC(CC(C4)C2)C3)[C@@H](CP(C23CC4CC(CC(C4)C2)C3)C23CC4CC(CC(C4)C2)C3)C1. The van der Waals surface area contributed by atoms with Crippen molar-refractivity contribution in [3.63, 3.8) is 0 Å². The molecule has 0 N–H and O–H groups in total. The molecule has 17 aliphatic carbocycles. The molecule has 16 bridgehead atoms. The topological polar surface area (TPSA) is 0 Å². The van der Waals surface area contributed by atoms with Crippen LogP contribution in [0.5, 0.6) is 0 Å². The van der Waals surface area contributed by atoms with Crippen LogP contribution in [0.3, 0.4) is 0 Å². The zero-order chi connectivity index (χ0) is 31.7. The van der Waals surface area contributed by atoms with E-state index in [9.17, 15) is 0 Å². The molecule has 0 aliphatic heterocycles. The van der Waals surface area contributed by atoms with Crippen molar-refractivity contribution in [2.45, 2.75) is 206 Å². The summed E-state index contributed by atoms with van der Waals surface area (Å²) in [7, 11) is 0.308. The minimum atomic E-state index is 0.147. The van der Waals surface area contributed by atoms with Crippen LogP contribution in [0.15, 0.2) is 0 Å². The Morgan fingerprint density at radius 3 is 0.898 bits per heavy atom. The Labute approximate surface area is 303 Å². The number of hydrogen-bond donors (Lipinski definition) is 0. The molecule has 49 heavy (non-hydrogen) atoms. The average Bonchev–Trinajstić information content (AvgIpc) is 3.01. The third-order valence-corrected chi connectivity index (χ3v) is 29.5. The van der Waals surface area contributed by atoms with Crippen LogP contribution in [-0.4, -0.2) is 32.4 Å². The maximum atomic E-state index is 1.83. The number of rotatable bonds is 7. The highest BCUT2D eigenvalue weighted by atomic mass is 31.1. The van der Waals surface area contributed by atoms with E-state index in [2.05, 4.69) is 0 Å². The van der Waals surface area contributed by atoms with E-state index < -0.39 is 0 Å². The van der Waals surface area contributed by atoms with Crippen molar-refractivity contribution >= 4 is 15.8 Å². The molecule has 17 saturated carbocycles. The largest absolute Gasteiger partial charge is 0.0936 e. The van der Waals surface area contributed by atoms with Crippen molar-refractivity contribution in [2.24, 2.45) is 76.9 Å². The first kappa shape index (κ1) is 31.1. The Bertz CT molecular complexity index is 1110. The van der Waals surface area contributed by atoms with Crippen molar-refractivity contribution < 1.29 is 0 Å². The van der Waals surface area contributed by atoms with Gasteiger partial charge >= 0.3 is 0 Å². The van der Waals surface area contributed by atoms with Crippen LogP contribution in [0.4, 0.5) is 0 Å². The molecule has 0 spiro atoms. The Morgan fingerprint density at radius 2 is 0.592 bits per heavy atom. The third-order valence-electron chi connectivity index (χ3n) is 20.8. The molecule has 17 rings (SSSR count). The normalized spacial score (nSPS) is 62.7. The van der Waals surface area contributed by atoms with E-state index in [4.69, 9.17) is 0 Å². The van der Waals surface area contributed by atoms with Gasteiger partial charge in [0.25, 0.3) is 0 Å². The summed E-state index contributed by atoms with van der Waals surface area (Å²) in [5.41, 5.74) is 1.20. The van der Waals surface area contributed by atoms with Gasteiger partial charge in [-0.1, -0.05) is 28.7 Å². The molecule has 0 nitrogen and oxygen atoms in total. The Hall–Kier alpha value is 0.860. The van der Waals surface area contributed by atoms with Crippen LogP contribution in [0.2, 0.25) is 0 Å². The molecule has 2 heteroatoms. The van der Waals surface area contributed by atoms with Crippen molar-refractivity contribution in [1.29, 1.82) is 0 Å². The van der Waals surface area contributed by atoms with Crippen LogP contribution in [0.1, 0.15) is 180 Å². The molecule has 0 aromatic rings. The van der Waals surface area contributed by atoms with Gasteiger partial charge in [-0.15, -0.1) is 0 Å². The highest BCUT2D eigenvalue weighted by molar-refractivity contribution is 7.62. The molecule has 270 valence electrons. The molecule has 0 saturated heterocycles. The van der Waals surface area contributed by atoms with E-state index in [1.807, 2.05) is 6.16 Å². The van der Waals surface area contributed by atoms with Crippen molar-refractivity contribution in [2.75, 3.05) is 6.16 Å². The maximum absolute atomic E-state index is 1.83. The van der Waals surface area contributed by atoms with E-state index in [-0.39, 0.29) is 15.8 Å². The second kappa shape index (κ2) is 10.8. The molecule has 17 aliphatic rings. The Balaban J connectivity index is 0.919. The van der Waals surface area contributed by atoms with Gasteiger partial charge in [-0.25, -0.2) is 0 Å². The number of hydrogen-bond acceptors (Lipinski definition) is 0. The highest BCUT2D eigenvalue weighted by Gasteiger charge is 2.67. The van der Waals surface area contributed by atoms with Gasteiger partial charge in [0.05, 0.1) is 0 Å². The van der Waals surface area contributed by atoms with Gasteiger partial charge in [0, 0.05) is 0 Å². The fourth-order valence-electron chi connectivity index (χ4n) is 21.6. The lowest BCUT2D eigenvalue weighted by molar-refractivity contribution is 0.0166. The first-order valence-electron chi connectivity index (χ1n) is 23.5. The first-order chi connectivity index (χ1) is 23.9. The molecule has 0 radical (unpaired) electrons. The summed E-state index contributed by atoms with van der Waals surface area (Å²) in [6.07, 6.45) is 49.4. The maximum Gasteiger partial charge on any atom is -0.00789 e. The quantitative estimate of drug-likeness (QED) is 0.232. The van der Waals surface area contributed by atoms with Crippen molar-refractivity contribution in [3.05, 3.63) is 0 Å². The van der Waals surface area contributed by atoms with Crippen molar-refractivity contribution in [3.8, 4) is 0 Å². The van der Waals surface area contributed by atoms with Gasteiger partial charge in [0.15, 0.2) is 0 Å². The van der Waals surface area contributed by atoms with E-state index in [0.717, 1.165) is 97.6 Å². The zero-order valence-electron chi connectivity index (χ0n) is 31.5. The van der Waals surface area contributed by atoms with E-state index in [0.29, 0.717) is 0 Å². The molecule has 0 aromatic heterocycles. The zero-order valence-corrected chi connectivity index (χ0v) is 33.3. The summed E-state index contributed by atoms with van der Waals surface area (Å²) in [6, 6.07) is 0. The van der Waals surface area contributed by atoms with Crippen LogP contribution in [-0.2, 0) is 0 Å². The van der Waals surface area contributed by atoms with E-state index >= 15 is 0 Å². The van der Waals surface area contributed by atoms with Gasteiger partial charge in [0.2, 0.25) is 0 Å². The van der Waals surface area contributed by atoms with Crippen LogP contribution < -0.4 is 0 Å².